The van der Waals surface area contributed by atoms with Crippen LogP contribution in [0, 0.1) is 0 Å². The molecule has 0 bridgehead atoms. The third kappa shape index (κ3) is 5.72. The van der Waals surface area contributed by atoms with Crippen LogP contribution in [0.5, 0.6) is 0 Å². The molecule has 1 aromatic heterocycles. The first kappa shape index (κ1) is 21.7. The van der Waals surface area contributed by atoms with Crippen LogP contribution >= 0.6 is 70.1 Å². The first-order valence-corrected chi connectivity index (χ1v) is 14.1. The van der Waals surface area contributed by atoms with E-state index in [1.54, 1.807) is 19.5 Å². The minimum Gasteiger partial charge on any atom is -0.140 e. The predicted octanol–water partition coefficient (Wildman–Crippen LogP) is 8.78. The summed E-state index contributed by atoms with van der Waals surface area (Å²) >= 11 is 12.7. The minimum absolute atomic E-state index is 0.607. The summed E-state index contributed by atoms with van der Waals surface area (Å²) in [5.74, 6) is 0. The lowest BCUT2D eigenvalue weighted by molar-refractivity contribution is 1.09. The summed E-state index contributed by atoms with van der Waals surface area (Å²) in [6.45, 7) is 18.6. The molecule has 2 atom stereocenters. The Morgan fingerprint density at radius 1 is 0.625 bits per heavy atom. The Morgan fingerprint density at radius 3 is 1.29 bits per heavy atom. The smallest absolute Gasteiger partial charge is 0.0791 e. The lowest BCUT2D eigenvalue weighted by Gasteiger charge is -2.17. The lowest BCUT2D eigenvalue weighted by Crippen LogP contribution is -1.94. The van der Waals surface area contributed by atoms with E-state index in [9.17, 15) is 0 Å². The number of thiophene rings is 1. The Balaban J connectivity index is 2.46. The molecule has 1 aromatic rings. The van der Waals surface area contributed by atoms with Crippen LogP contribution in [0.2, 0.25) is 0 Å². The van der Waals surface area contributed by atoms with Gasteiger partial charge in [-0.05, 0) is 0 Å². The third-order valence-corrected chi connectivity index (χ3v) is 11.2. The number of fused-ring (bicyclic) bond motifs is 1. The molecule has 0 spiro atoms. The van der Waals surface area contributed by atoms with Crippen LogP contribution in [0.4, 0.5) is 0 Å². The average Bonchev–Trinajstić information content (AvgIpc) is 2.88. The summed E-state index contributed by atoms with van der Waals surface area (Å²) < 4.78 is 4.38. The first-order valence-electron chi connectivity index (χ1n) is 8.65. The van der Waals surface area contributed by atoms with Crippen molar-refractivity contribution in [2.45, 2.75) is 94.0 Å². The van der Waals surface area contributed by atoms with Crippen molar-refractivity contribution in [3.63, 3.8) is 0 Å². The molecule has 0 saturated carbocycles. The maximum Gasteiger partial charge on any atom is 0.0791 e. The van der Waals surface area contributed by atoms with E-state index < -0.39 is 0 Å². The van der Waals surface area contributed by atoms with Gasteiger partial charge in [-0.1, -0.05) is 55.4 Å². The van der Waals surface area contributed by atoms with Crippen LogP contribution in [-0.2, 0) is 0 Å². The van der Waals surface area contributed by atoms with Gasteiger partial charge in [-0.2, -0.15) is 0 Å². The van der Waals surface area contributed by atoms with Crippen LogP contribution in [0.3, 0.4) is 0 Å². The molecule has 2 heterocycles. The average molecular weight is 439 g/mol. The number of hydrogen-bond acceptors (Lipinski definition) is 6. The Kier molecular flexibility index (Phi) is 8.69. The highest BCUT2D eigenvalue weighted by atomic mass is 32.2. The highest BCUT2D eigenvalue weighted by molar-refractivity contribution is 8.23. The normalized spacial score (nSPS) is 20.8. The molecule has 1 aliphatic heterocycles. The second-order valence-electron chi connectivity index (χ2n) is 7.01. The monoisotopic (exact) mass is 438 g/mol. The van der Waals surface area contributed by atoms with Crippen LogP contribution in [0.15, 0.2) is 8.42 Å². The van der Waals surface area contributed by atoms with Crippen LogP contribution < -0.4 is 0 Å². The molecular formula is C18H30S6. The molecule has 0 fully saturated rings. The fourth-order valence-corrected chi connectivity index (χ4v) is 13.1. The molecule has 2 rings (SSSR count). The molecule has 0 N–H and O–H groups in total. The summed E-state index contributed by atoms with van der Waals surface area (Å²) in [6.07, 6.45) is 0. The Bertz CT molecular complexity index is 487. The summed E-state index contributed by atoms with van der Waals surface area (Å²) in [7, 11) is 0. The zero-order chi connectivity index (χ0) is 18.0. The van der Waals surface area contributed by atoms with E-state index in [4.69, 9.17) is 0 Å². The van der Waals surface area contributed by atoms with Gasteiger partial charge in [0.25, 0.3) is 0 Å². The molecular weight excluding hydrogens is 409 g/mol. The summed E-state index contributed by atoms with van der Waals surface area (Å²) in [5.41, 5.74) is 3.34. The van der Waals surface area contributed by atoms with Gasteiger partial charge in [-0.25, -0.2) is 0 Å². The van der Waals surface area contributed by atoms with Gasteiger partial charge in [0.1, 0.15) is 0 Å². The van der Waals surface area contributed by atoms with Gasteiger partial charge in [-0.15, -0.1) is 70.1 Å². The van der Waals surface area contributed by atoms with Gasteiger partial charge in [0.15, 0.2) is 0 Å². The topological polar surface area (TPSA) is 0 Å². The molecule has 0 nitrogen and oxygen atoms in total. The third-order valence-electron chi connectivity index (χ3n) is 3.11. The summed E-state index contributed by atoms with van der Waals surface area (Å²) in [5, 5.41) is 2.65. The Hall–Kier alpha value is 1.45. The van der Waals surface area contributed by atoms with Crippen LogP contribution in [0.1, 0.15) is 75.7 Å². The van der Waals surface area contributed by atoms with E-state index in [1.165, 1.54) is 0 Å². The molecule has 0 aromatic carbocycles. The maximum atomic E-state index is 2.33. The highest BCUT2D eigenvalue weighted by Gasteiger charge is 2.40. The van der Waals surface area contributed by atoms with E-state index in [1.807, 2.05) is 0 Å². The molecule has 24 heavy (non-hydrogen) atoms. The van der Waals surface area contributed by atoms with E-state index in [-0.39, 0.29) is 0 Å². The van der Waals surface area contributed by atoms with Gasteiger partial charge in [0.05, 0.1) is 17.6 Å². The van der Waals surface area contributed by atoms with Gasteiger partial charge in [-0.3, -0.25) is 0 Å². The fourth-order valence-electron chi connectivity index (χ4n) is 2.41. The quantitative estimate of drug-likeness (QED) is 0.371. The molecule has 138 valence electrons. The lowest BCUT2D eigenvalue weighted by atomic mass is 10.2. The molecule has 2 unspecified atom stereocenters. The summed E-state index contributed by atoms with van der Waals surface area (Å²) in [6, 6.07) is 0. The molecule has 0 saturated heterocycles. The first-order chi connectivity index (χ1) is 11.2. The van der Waals surface area contributed by atoms with Crippen molar-refractivity contribution < 1.29 is 0 Å². The van der Waals surface area contributed by atoms with Crippen molar-refractivity contribution >= 4 is 70.1 Å². The van der Waals surface area contributed by atoms with Crippen molar-refractivity contribution in [1.82, 2.24) is 0 Å². The highest BCUT2D eigenvalue weighted by Crippen LogP contribution is 2.67. The van der Waals surface area contributed by atoms with Gasteiger partial charge >= 0.3 is 0 Å². The van der Waals surface area contributed by atoms with Crippen molar-refractivity contribution in [3.05, 3.63) is 11.1 Å². The molecule has 1 aliphatic rings. The fraction of sp³-hybridized carbons (Fsp3) is 0.778. The number of rotatable bonds is 8. The van der Waals surface area contributed by atoms with Crippen LogP contribution in [0.25, 0.3) is 0 Å². The van der Waals surface area contributed by atoms with E-state index in [0.717, 1.165) is 0 Å². The van der Waals surface area contributed by atoms with Gasteiger partial charge in [0, 0.05) is 32.1 Å². The standard InChI is InChI=1S/C18H30S6/c1-9(2)19-15-13-14(17(23-15)21-11(5)6)18(22-12(7)8)24-16(13)20-10(3)4/h9-12,15,17H,1-8H3. The second kappa shape index (κ2) is 9.59. The zero-order valence-electron chi connectivity index (χ0n) is 15.9. The predicted molar refractivity (Wildman–Crippen MR) is 125 cm³/mol. The zero-order valence-corrected chi connectivity index (χ0v) is 20.8. The van der Waals surface area contributed by atoms with Crippen molar-refractivity contribution in [3.8, 4) is 0 Å². The van der Waals surface area contributed by atoms with E-state index >= 15 is 0 Å². The molecule has 0 amide bonds. The van der Waals surface area contributed by atoms with Crippen molar-refractivity contribution in [1.29, 1.82) is 0 Å². The van der Waals surface area contributed by atoms with Gasteiger partial charge in [0.2, 0.25) is 0 Å². The minimum atomic E-state index is 0.607. The SMILES string of the molecule is CC(C)Sc1sc(SC(C)C)c2c1C(SC(C)C)SC2SC(C)C. The molecule has 0 radical (unpaired) electrons. The second-order valence-corrected chi connectivity index (χ2v) is 16.9. The maximum absolute atomic E-state index is 2.33. The number of hydrogen-bond donors (Lipinski definition) is 0. The molecule has 6 heteroatoms. The van der Waals surface area contributed by atoms with Crippen molar-refractivity contribution in [2.75, 3.05) is 0 Å². The Morgan fingerprint density at radius 2 is 1.00 bits per heavy atom. The van der Waals surface area contributed by atoms with E-state index in [0.29, 0.717) is 30.2 Å². The Labute approximate surface area is 174 Å². The van der Waals surface area contributed by atoms with Gasteiger partial charge < -0.3 is 0 Å². The largest absolute Gasteiger partial charge is 0.140 e. The van der Waals surface area contributed by atoms with E-state index in [2.05, 4.69) is 126 Å². The molecule has 0 aliphatic carbocycles. The van der Waals surface area contributed by atoms with Crippen molar-refractivity contribution in [2.24, 2.45) is 0 Å². The summed E-state index contributed by atoms with van der Waals surface area (Å²) in [4.78, 5) is 0. The number of thioether (sulfide) groups is 5. The van der Waals surface area contributed by atoms with Crippen LogP contribution in [-0.4, -0.2) is 21.0 Å².